The van der Waals surface area contributed by atoms with Gasteiger partial charge in [-0.05, 0) is 19.9 Å². The van der Waals surface area contributed by atoms with Gasteiger partial charge in [0.1, 0.15) is 5.75 Å². The molecule has 0 amide bonds. The zero-order valence-electron chi connectivity index (χ0n) is 9.53. The maximum absolute atomic E-state index is 9.18. The summed E-state index contributed by atoms with van der Waals surface area (Å²) in [6, 6.07) is 8.08. The minimum Gasteiger partial charge on any atom is -0.496 e. The van der Waals surface area contributed by atoms with Crippen LogP contribution in [0.3, 0.4) is 0 Å². The Bertz CT molecular complexity index is 299. The average molecular weight is 209 g/mol. The van der Waals surface area contributed by atoms with E-state index in [2.05, 4.69) is 12.2 Å². The van der Waals surface area contributed by atoms with Crippen LogP contribution in [0.25, 0.3) is 0 Å². The summed E-state index contributed by atoms with van der Waals surface area (Å²) in [6.07, 6.45) is -0.331. The van der Waals surface area contributed by atoms with Crippen molar-refractivity contribution < 1.29 is 9.84 Å². The highest BCUT2D eigenvalue weighted by molar-refractivity contribution is 5.35. The van der Waals surface area contributed by atoms with E-state index in [0.717, 1.165) is 11.3 Å². The minimum absolute atomic E-state index is 0.177. The van der Waals surface area contributed by atoms with Crippen molar-refractivity contribution in [3.63, 3.8) is 0 Å². The topological polar surface area (TPSA) is 41.5 Å². The van der Waals surface area contributed by atoms with Gasteiger partial charge in [0.15, 0.2) is 0 Å². The fraction of sp³-hybridized carbons (Fsp3) is 0.500. The lowest BCUT2D eigenvalue weighted by Crippen LogP contribution is -2.27. The molecule has 1 unspecified atom stereocenters. The van der Waals surface area contributed by atoms with Gasteiger partial charge in [0.05, 0.1) is 13.2 Å². The molecule has 0 bridgehead atoms. The predicted molar refractivity (Wildman–Crippen MR) is 61.1 cm³/mol. The highest BCUT2D eigenvalue weighted by Crippen LogP contribution is 2.23. The van der Waals surface area contributed by atoms with E-state index < -0.39 is 0 Å². The van der Waals surface area contributed by atoms with Crippen molar-refractivity contribution in [2.75, 3.05) is 13.7 Å². The van der Waals surface area contributed by atoms with Gasteiger partial charge in [-0.2, -0.15) is 0 Å². The highest BCUT2D eigenvalue weighted by atomic mass is 16.5. The largest absolute Gasteiger partial charge is 0.496 e. The number of hydrogen-bond acceptors (Lipinski definition) is 3. The van der Waals surface area contributed by atoms with E-state index in [4.69, 9.17) is 4.74 Å². The third-order valence-electron chi connectivity index (χ3n) is 2.32. The van der Waals surface area contributed by atoms with E-state index in [-0.39, 0.29) is 12.1 Å². The summed E-state index contributed by atoms with van der Waals surface area (Å²) in [5.41, 5.74) is 1.11. The zero-order chi connectivity index (χ0) is 11.3. The Kier molecular flexibility index (Phi) is 4.59. The molecule has 1 rings (SSSR count). The van der Waals surface area contributed by atoms with Gasteiger partial charge in [0, 0.05) is 18.2 Å². The van der Waals surface area contributed by atoms with Crippen LogP contribution in [0.15, 0.2) is 24.3 Å². The van der Waals surface area contributed by atoms with Crippen LogP contribution in [-0.4, -0.2) is 24.9 Å². The maximum atomic E-state index is 9.18. The number of aliphatic hydroxyl groups excluding tert-OH is 1. The van der Waals surface area contributed by atoms with Crippen LogP contribution in [0.4, 0.5) is 0 Å². The fourth-order valence-corrected chi connectivity index (χ4v) is 1.48. The summed E-state index contributed by atoms with van der Waals surface area (Å²) in [5, 5.41) is 12.4. The summed E-state index contributed by atoms with van der Waals surface area (Å²) < 4.78 is 5.27. The van der Waals surface area contributed by atoms with Gasteiger partial charge in [-0.1, -0.05) is 18.2 Å². The fourth-order valence-electron chi connectivity index (χ4n) is 1.48. The van der Waals surface area contributed by atoms with Crippen molar-refractivity contribution in [3.05, 3.63) is 29.8 Å². The number of ether oxygens (including phenoxy) is 1. The number of aliphatic hydroxyl groups is 1. The first-order valence-corrected chi connectivity index (χ1v) is 5.19. The summed E-state index contributed by atoms with van der Waals surface area (Å²) in [6.45, 7) is 4.40. The summed E-state index contributed by atoms with van der Waals surface area (Å²) >= 11 is 0. The molecular formula is C12H19NO2. The van der Waals surface area contributed by atoms with Crippen molar-refractivity contribution in [2.45, 2.75) is 26.0 Å². The van der Waals surface area contributed by atoms with Gasteiger partial charge in [0.25, 0.3) is 0 Å². The van der Waals surface area contributed by atoms with E-state index in [1.165, 1.54) is 0 Å². The van der Waals surface area contributed by atoms with Crippen molar-refractivity contribution in [2.24, 2.45) is 0 Å². The molecule has 3 nitrogen and oxygen atoms in total. The normalized spacial score (nSPS) is 14.7. The Morgan fingerprint density at radius 1 is 1.33 bits per heavy atom. The Hall–Kier alpha value is -1.06. The molecule has 2 N–H and O–H groups in total. The Morgan fingerprint density at radius 2 is 2.00 bits per heavy atom. The molecule has 0 saturated carbocycles. The molecule has 1 aromatic rings. The van der Waals surface area contributed by atoms with Crippen LogP contribution in [-0.2, 0) is 0 Å². The smallest absolute Gasteiger partial charge is 0.123 e. The molecule has 0 aliphatic heterocycles. The first kappa shape index (κ1) is 12.0. The van der Waals surface area contributed by atoms with E-state index >= 15 is 0 Å². The van der Waals surface area contributed by atoms with E-state index in [1.807, 2.05) is 24.3 Å². The molecule has 0 saturated heterocycles. The SMILES string of the molecule is COc1ccccc1C(C)NC[C@H](C)O. The van der Waals surface area contributed by atoms with Crippen molar-refractivity contribution >= 4 is 0 Å². The number of benzene rings is 1. The second kappa shape index (κ2) is 5.73. The molecule has 0 aromatic heterocycles. The molecule has 0 aliphatic rings. The second-order valence-corrected chi connectivity index (χ2v) is 3.72. The van der Waals surface area contributed by atoms with Crippen molar-refractivity contribution in [1.29, 1.82) is 0 Å². The van der Waals surface area contributed by atoms with Gasteiger partial charge < -0.3 is 15.2 Å². The molecule has 1 aromatic carbocycles. The van der Waals surface area contributed by atoms with Gasteiger partial charge in [-0.3, -0.25) is 0 Å². The maximum Gasteiger partial charge on any atom is 0.123 e. The van der Waals surface area contributed by atoms with Crippen LogP contribution in [0.5, 0.6) is 5.75 Å². The zero-order valence-corrected chi connectivity index (χ0v) is 9.53. The average Bonchev–Trinajstić information content (AvgIpc) is 2.25. The molecule has 84 valence electrons. The van der Waals surface area contributed by atoms with Crippen LogP contribution >= 0.6 is 0 Å². The molecule has 0 aliphatic carbocycles. The van der Waals surface area contributed by atoms with Crippen molar-refractivity contribution in [3.8, 4) is 5.75 Å². The summed E-state index contributed by atoms with van der Waals surface area (Å²) in [5.74, 6) is 0.878. The lowest BCUT2D eigenvalue weighted by molar-refractivity contribution is 0.187. The number of rotatable bonds is 5. The van der Waals surface area contributed by atoms with Crippen LogP contribution in [0, 0.1) is 0 Å². The third-order valence-corrected chi connectivity index (χ3v) is 2.32. The molecule has 0 radical (unpaired) electrons. The third kappa shape index (κ3) is 3.53. The van der Waals surface area contributed by atoms with Gasteiger partial charge >= 0.3 is 0 Å². The van der Waals surface area contributed by atoms with Crippen LogP contribution in [0.1, 0.15) is 25.5 Å². The molecule has 0 heterocycles. The standard InChI is InChI=1S/C12H19NO2/c1-9(14)8-13-10(2)11-6-4-5-7-12(11)15-3/h4-7,9-10,13-14H,8H2,1-3H3/t9-,10?/m0/s1. The van der Waals surface area contributed by atoms with Crippen LogP contribution in [0.2, 0.25) is 0 Å². The first-order chi connectivity index (χ1) is 7.15. The molecule has 15 heavy (non-hydrogen) atoms. The lowest BCUT2D eigenvalue weighted by atomic mass is 10.1. The Morgan fingerprint density at radius 3 is 2.60 bits per heavy atom. The van der Waals surface area contributed by atoms with E-state index in [9.17, 15) is 5.11 Å². The number of para-hydroxylation sites is 1. The Balaban J connectivity index is 2.68. The van der Waals surface area contributed by atoms with Gasteiger partial charge in [0.2, 0.25) is 0 Å². The monoisotopic (exact) mass is 209 g/mol. The molecule has 3 heteroatoms. The number of nitrogens with one attached hydrogen (secondary N) is 1. The minimum atomic E-state index is -0.331. The van der Waals surface area contributed by atoms with E-state index in [0.29, 0.717) is 6.54 Å². The molecule has 2 atom stereocenters. The van der Waals surface area contributed by atoms with E-state index in [1.54, 1.807) is 14.0 Å². The number of methoxy groups -OCH3 is 1. The van der Waals surface area contributed by atoms with Crippen molar-refractivity contribution in [1.82, 2.24) is 5.32 Å². The first-order valence-electron chi connectivity index (χ1n) is 5.19. The predicted octanol–water partition coefficient (Wildman–Crippen LogP) is 1.73. The van der Waals surface area contributed by atoms with Crippen LogP contribution < -0.4 is 10.1 Å². The highest BCUT2D eigenvalue weighted by Gasteiger charge is 2.10. The second-order valence-electron chi connectivity index (χ2n) is 3.72. The lowest BCUT2D eigenvalue weighted by Gasteiger charge is -2.17. The van der Waals surface area contributed by atoms with Gasteiger partial charge in [-0.15, -0.1) is 0 Å². The number of hydrogen-bond donors (Lipinski definition) is 2. The summed E-state index contributed by atoms with van der Waals surface area (Å²) in [7, 11) is 1.67. The summed E-state index contributed by atoms with van der Waals surface area (Å²) in [4.78, 5) is 0. The van der Waals surface area contributed by atoms with Gasteiger partial charge in [-0.25, -0.2) is 0 Å². The molecule has 0 spiro atoms. The quantitative estimate of drug-likeness (QED) is 0.776. The Labute approximate surface area is 91.1 Å². The molecular weight excluding hydrogens is 190 g/mol. The molecule has 0 fully saturated rings.